The molecule has 1 saturated heterocycles. The van der Waals surface area contributed by atoms with Crippen LogP contribution in [0, 0.1) is 6.92 Å². The van der Waals surface area contributed by atoms with Gasteiger partial charge >= 0.3 is 0 Å². The van der Waals surface area contributed by atoms with Crippen LogP contribution in [0.2, 0.25) is 0 Å². The van der Waals surface area contributed by atoms with E-state index in [0.717, 1.165) is 13.1 Å². The van der Waals surface area contributed by atoms with E-state index in [1.165, 1.54) is 36.1 Å². The maximum atomic E-state index is 4.33. The molecule has 100 valence electrons. The minimum atomic E-state index is 0.457. The molecule has 0 aromatic carbocycles. The number of nitrogens with one attached hydrogen (secondary N) is 1. The molecule has 2 aromatic rings. The van der Waals surface area contributed by atoms with Crippen molar-refractivity contribution in [3.05, 3.63) is 47.8 Å². The van der Waals surface area contributed by atoms with Gasteiger partial charge in [-0.3, -0.25) is 4.98 Å². The maximum Gasteiger partial charge on any atom is 0.0951 e. The Morgan fingerprint density at radius 1 is 1.32 bits per heavy atom. The largest absolute Gasteiger partial charge is 0.329 e. The molecule has 3 heterocycles. The maximum absolute atomic E-state index is 4.33. The Balaban J connectivity index is 1.82. The van der Waals surface area contributed by atoms with Gasteiger partial charge in [0.25, 0.3) is 0 Å². The Kier molecular flexibility index (Phi) is 3.60. The third kappa shape index (κ3) is 2.68. The number of aryl methyl sites for hydroxylation is 1. The molecular formula is C15H20N4. The Morgan fingerprint density at radius 2 is 2.26 bits per heavy atom. The van der Waals surface area contributed by atoms with Gasteiger partial charge in [0.05, 0.1) is 12.0 Å². The lowest BCUT2D eigenvalue weighted by Gasteiger charge is -2.24. The Morgan fingerprint density at radius 3 is 3.05 bits per heavy atom. The minimum absolute atomic E-state index is 0.457. The lowest BCUT2D eigenvalue weighted by atomic mass is 10.0. The van der Waals surface area contributed by atoms with Crippen LogP contribution in [0.3, 0.4) is 0 Å². The van der Waals surface area contributed by atoms with Crippen molar-refractivity contribution < 1.29 is 0 Å². The first-order chi connectivity index (χ1) is 9.34. The molecule has 0 bridgehead atoms. The van der Waals surface area contributed by atoms with E-state index in [1.807, 2.05) is 24.9 Å². The van der Waals surface area contributed by atoms with Gasteiger partial charge in [-0.1, -0.05) is 6.42 Å². The van der Waals surface area contributed by atoms with Gasteiger partial charge in [-0.15, -0.1) is 0 Å². The zero-order chi connectivity index (χ0) is 13.1. The van der Waals surface area contributed by atoms with Crippen molar-refractivity contribution in [2.24, 2.45) is 0 Å². The minimum Gasteiger partial charge on any atom is -0.329 e. The van der Waals surface area contributed by atoms with Crippen molar-refractivity contribution in [3.63, 3.8) is 0 Å². The van der Waals surface area contributed by atoms with Gasteiger partial charge < -0.3 is 9.88 Å². The molecule has 1 N–H and O–H groups in total. The molecule has 1 fully saturated rings. The molecule has 4 heteroatoms. The van der Waals surface area contributed by atoms with E-state index >= 15 is 0 Å². The summed E-state index contributed by atoms with van der Waals surface area (Å²) >= 11 is 0. The lowest BCUT2D eigenvalue weighted by molar-refractivity contribution is 0.396. The molecule has 0 spiro atoms. The highest BCUT2D eigenvalue weighted by molar-refractivity contribution is 5.23. The van der Waals surface area contributed by atoms with Crippen LogP contribution >= 0.6 is 0 Å². The summed E-state index contributed by atoms with van der Waals surface area (Å²) in [4.78, 5) is 8.48. The van der Waals surface area contributed by atoms with Crippen LogP contribution in [0.25, 0.3) is 0 Å². The topological polar surface area (TPSA) is 42.7 Å². The number of hydrogen-bond donors (Lipinski definition) is 1. The van der Waals surface area contributed by atoms with E-state index in [1.54, 1.807) is 0 Å². The first-order valence-electron chi connectivity index (χ1n) is 6.97. The number of piperidine rings is 1. The van der Waals surface area contributed by atoms with Gasteiger partial charge in [0.1, 0.15) is 0 Å². The monoisotopic (exact) mass is 256 g/mol. The molecule has 0 radical (unpaired) electrons. The second-order valence-electron chi connectivity index (χ2n) is 5.25. The summed E-state index contributed by atoms with van der Waals surface area (Å²) in [6, 6.07) is 2.55. The van der Waals surface area contributed by atoms with Crippen LogP contribution in [-0.2, 0) is 6.54 Å². The predicted molar refractivity (Wildman–Crippen MR) is 74.9 cm³/mol. The van der Waals surface area contributed by atoms with E-state index < -0.39 is 0 Å². The Labute approximate surface area is 113 Å². The van der Waals surface area contributed by atoms with Crippen LogP contribution in [0.1, 0.15) is 42.1 Å². The first-order valence-corrected chi connectivity index (χ1v) is 6.97. The molecule has 1 unspecified atom stereocenters. The molecule has 4 nitrogen and oxygen atoms in total. The number of pyridine rings is 1. The molecular weight excluding hydrogens is 236 g/mol. The van der Waals surface area contributed by atoms with Gasteiger partial charge in [0, 0.05) is 31.2 Å². The summed E-state index contributed by atoms with van der Waals surface area (Å²) in [6.45, 7) is 4.10. The summed E-state index contributed by atoms with van der Waals surface area (Å²) in [5.41, 5.74) is 3.85. The first kappa shape index (κ1) is 12.4. The van der Waals surface area contributed by atoms with Crippen LogP contribution in [0.5, 0.6) is 0 Å². The fraction of sp³-hybridized carbons (Fsp3) is 0.467. The number of imidazole rings is 1. The van der Waals surface area contributed by atoms with Gasteiger partial charge in [0.15, 0.2) is 0 Å². The van der Waals surface area contributed by atoms with Gasteiger partial charge in [-0.2, -0.15) is 0 Å². The third-order valence-electron chi connectivity index (χ3n) is 3.89. The van der Waals surface area contributed by atoms with Crippen LogP contribution in [0.4, 0.5) is 0 Å². The van der Waals surface area contributed by atoms with Crippen molar-refractivity contribution in [1.82, 2.24) is 19.9 Å². The van der Waals surface area contributed by atoms with Crippen molar-refractivity contribution in [1.29, 1.82) is 0 Å². The summed E-state index contributed by atoms with van der Waals surface area (Å²) in [6.07, 6.45) is 11.5. The molecule has 0 amide bonds. The van der Waals surface area contributed by atoms with E-state index in [0.29, 0.717) is 6.04 Å². The smallest absolute Gasteiger partial charge is 0.0951 e. The van der Waals surface area contributed by atoms with E-state index in [-0.39, 0.29) is 0 Å². The zero-order valence-corrected chi connectivity index (χ0v) is 11.3. The third-order valence-corrected chi connectivity index (χ3v) is 3.89. The van der Waals surface area contributed by atoms with Gasteiger partial charge in [0.2, 0.25) is 0 Å². The molecule has 0 saturated carbocycles. The fourth-order valence-corrected chi connectivity index (χ4v) is 2.72. The molecule has 19 heavy (non-hydrogen) atoms. The molecule has 1 aliphatic heterocycles. The fourth-order valence-electron chi connectivity index (χ4n) is 2.72. The molecule has 1 aliphatic rings. The summed E-state index contributed by atoms with van der Waals surface area (Å²) in [7, 11) is 0. The second-order valence-corrected chi connectivity index (χ2v) is 5.25. The number of nitrogens with zero attached hydrogens (tertiary/aromatic N) is 3. The normalized spacial score (nSPS) is 19.5. The van der Waals surface area contributed by atoms with E-state index in [2.05, 4.69) is 32.8 Å². The Hall–Kier alpha value is -1.68. The molecule has 1 atom stereocenters. The quantitative estimate of drug-likeness (QED) is 0.917. The van der Waals surface area contributed by atoms with Crippen LogP contribution < -0.4 is 5.32 Å². The van der Waals surface area contributed by atoms with Gasteiger partial charge in [-0.05, 0) is 43.5 Å². The van der Waals surface area contributed by atoms with E-state index in [9.17, 15) is 0 Å². The highest BCUT2D eigenvalue weighted by atomic mass is 15.1. The van der Waals surface area contributed by atoms with Crippen LogP contribution in [0.15, 0.2) is 31.0 Å². The summed E-state index contributed by atoms with van der Waals surface area (Å²) in [5.74, 6) is 0. The number of aromatic nitrogens is 3. The zero-order valence-electron chi connectivity index (χ0n) is 11.3. The number of hydrogen-bond acceptors (Lipinski definition) is 3. The molecule has 3 rings (SSSR count). The predicted octanol–water partition coefficient (Wildman–Crippen LogP) is 2.45. The van der Waals surface area contributed by atoms with Crippen molar-refractivity contribution in [2.45, 2.75) is 38.8 Å². The van der Waals surface area contributed by atoms with Crippen LogP contribution in [-0.4, -0.2) is 21.1 Å². The second kappa shape index (κ2) is 5.53. The molecule has 0 aliphatic carbocycles. The number of rotatable bonds is 3. The van der Waals surface area contributed by atoms with E-state index in [4.69, 9.17) is 0 Å². The van der Waals surface area contributed by atoms with Crippen molar-refractivity contribution in [2.75, 3.05) is 6.54 Å². The SMILES string of the molecule is Cc1cnccc1Cn1cncc1C1CCCCN1. The summed E-state index contributed by atoms with van der Waals surface area (Å²) < 4.78 is 2.26. The standard InChI is InChI=1S/C15H20N4/c1-12-8-16-7-5-13(12)10-19-11-17-9-15(19)14-4-2-3-6-18-14/h5,7-9,11,14,18H,2-4,6,10H2,1H3. The van der Waals surface area contributed by atoms with Gasteiger partial charge in [-0.25, -0.2) is 4.98 Å². The van der Waals surface area contributed by atoms with Crippen molar-refractivity contribution in [3.8, 4) is 0 Å². The van der Waals surface area contributed by atoms with Crippen molar-refractivity contribution >= 4 is 0 Å². The summed E-state index contributed by atoms with van der Waals surface area (Å²) in [5, 5.41) is 3.59. The Bertz CT molecular complexity index is 541. The highest BCUT2D eigenvalue weighted by Gasteiger charge is 2.18. The highest BCUT2D eigenvalue weighted by Crippen LogP contribution is 2.23. The average molecular weight is 256 g/mol. The lowest BCUT2D eigenvalue weighted by Crippen LogP contribution is -2.28. The molecule has 2 aromatic heterocycles. The average Bonchev–Trinajstić information content (AvgIpc) is 2.91.